The van der Waals surface area contributed by atoms with Crippen molar-refractivity contribution in [1.29, 1.82) is 0 Å². The molecule has 4 nitrogen and oxygen atoms in total. The number of hydrogen-bond donors (Lipinski definition) is 1. The summed E-state index contributed by atoms with van der Waals surface area (Å²) in [5, 5.41) is 8.25. The third kappa shape index (κ3) is 4.14. The van der Waals surface area contributed by atoms with Crippen molar-refractivity contribution in [1.82, 2.24) is 9.97 Å². The van der Waals surface area contributed by atoms with Crippen LogP contribution in [-0.2, 0) is 6.42 Å². The fourth-order valence-electron chi connectivity index (χ4n) is 2.29. The second kappa shape index (κ2) is 8.00. The number of alkyl halides is 8. The molecular formula is C16H12ClF8N3O. The largest absolute Gasteiger partial charge is 0.622 e. The van der Waals surface area contributed by atoms with E-state index in [-0.39, 0.29) is 17.7 Å². The van der Waals surface area contributed by atoms with Crippen molar-refractivity contribution in [3.05, 3.63) is 57.5 Å². The molecule has 1 aromatic heterocycles. The number of hydroxylamine groups is 1. The summed E-state index contributed by atoms with van der Waals surface area (Å²) in [7, 11) is 0. The molecule has 0 aliphatic heterocycles. The summed E-state index contributed by atoms with van der Waals surface area (Å²) >= 11 is 5.83. The molecule has 0 saturated heterocycles. The number of nitrogens with one attached hydrogen (secondary N) is 1. The van der Waals surface area contributed by atoms with Crippen LogP contribution in [0.4, 0.5) is 41.1 Å². The summed E-state index contributed by atoms with van der Waals surface area (Å²) in [4.78, 5) is 6.54. The van der Waals surface area contributed by atoms with Crippen LogP contribution < -0.4 is 5.06 Å². The highest BCUT2D eigenvalue weighted by Crippen LogP contribution is 2.46. The summed E-state index contributed by atoms with van der Waals surface area (Å²) in [5.41, 5.74) is 0.702. The van der Waals surface area contributed by atoms with E-state index < -0.39 is 40.5 Å². The summed E-state index contributed by atoms with van der Waals surface area (Å²) in [5.74, 6) is -14.8. The molecule has 0 saturated carbocycles. The Balaban J connectivity index is 2.41. The number of rotatable bonds is 7. The molecule has 0 fully saturated rings. The normalized spacial score (nSPS) is 14.3. The Morgan fingerprint density at radius 3 is 2.07 bits per heavy atom. The summed E-state index contributed by atoms with van der Waals surface area (Å²) in [6, 6.07) is 2.22. The minimum absolute atomic E-state index is 0.0932. The summed E-state index contributed by atoms with van der Waals surface area (Å²) in [6.45, 7) is 1.20. The van der Waals surface area contributed by atoms with Gasteiger partial charge in [0.2, 0.25) is 0 Å². The second-order valence-corrected chi connectivity index (χ2v) is 6.32. The first-order valence-electron chi connectivity index (χ1n) is 7.76. The Morgan fingerprint density at radius 1 is 1.03 bits per heavy atom. The molecule has 13 heteroatoms. The monoisotopic (exact) mass is 449 g/mol. The topological polar surface area (TPSA) is 53.3 Å². The number of aryl methyl sites for hydroxylation is 1. The van der Waals surface area contributed by atoms with E-state index in [0.717, 1.165) is 0 Å². The third-order valence-electron chi connectivity index (χ3n) is 3.96. The lowest BCUT2D eigenvalue weighted by Gasteiger charge is -2.36. The third-order valence-corrected chi connectivity index (χ3v) is 4.28. The van der Waals surface area contributed by atoms with Gasteiger partial charge in [0.25, 0.3) is 0 Å². The van der Waals surface area contributed by atoms with Gasteiger partial charge in [-0.25, -0.2) is 13.8 Å². The van der Waals surface area contributed by atoms with Crippen LogP contribution in [-0.4, -0.2) is 34.3 Å². The van der Waals surface area contributed by atoms with Gasteiger partial charge in [0.15, 0.2) is 0 Å². The molecule has 0 bridgehead atoms. The zero-order chi connectivity index (χ0) is 22.2. The fraction of sp³-hybridized carbons (Fsp3) is 0.375. The molecule has 0 spiro atoms. The molecule has 0 aliphatic rings. The molecule has 1 atom stereocenters. The molecular weight excluding hydrogens is 438 g/mol. The molecule has 29 heavy (non-hydrogen) atoms. The van der Waals surface area contributed by atoms with Crippen molar-refractivity contribution in [2.45, 2.75) is 37.7 Å². The number of quaternary nitrogens is 1. The number of nitrogens with zero attached hydrogens (tertiary/aromatic N) is 2. The van der Waals surface area contributed by atoms with Crippen molar-refractivity contribution < 1.29 is 40.2 Å². The minimum Gasteiger partial charge on any atom is -0.622 e. The molecule has 160 valence electrons. The Bertz CT molecular complexity index is 843. The highest BCUT2D eigenvalue weighted by molar-refractivity contribution is 6.30. The molecule has 1 aromatic carbocycles. The van der Waals surface area contributed by atoms with Gasteiger partial charge in [-0.15, -0.1) is 8.78 Å². The zero-order valence-corrected chi connectivity index (χ0v) is 15.1. The quantitative estimate of drug-likeness (QED) is 0.299. The Labute approximate surface area is 163 Å². The van der Waals surface area contributed by atoms with E-state index in [4.69, 9.17) is 11.6 Å². The number of hydrogen-bond acceptors (Lipinski definition) is 3. The van der Waals surface area contributed by atoms with Crippen LogP contribution in [0.25, 0.3) is 0 Å². The molecule has 2 rings (SSSR count). The molecule has 1 heterocycles. The fourth-order valence-corrected chi connectivity index (χ4v) is 2.58. The van der Waals surface area contributed by atoms with Crippen molar-refractivity contribution in [2.24, 2.45) is 0 Å². The standard InChI is InChI=1S/C16H12ClF8N3O/c1-8-10(7-9-5-3-2-4-6-9)11(17)27-13(26-8)28(29)16(24,25)15(22,23)14(20,21)12(18)19/h2-6,12,28H,7H2,1H3. The summed E-state index contributed by atoms with van der Waals surface area (Å²) < 4.78 is 105. The van der Waals surface area contributed by atoms with Crippen LogP contribution in [0.3, 0.4) is 0 Å². The number of halogens is 9. The maximum atomic E-state index is 13.8. The van der Waals surface area contributed by atoms with E-state index in [1.54, 1.807) is 30.3 Å². The second-order valence-electron chi connectivity index (χ2n) is 5.97. The predicted octanol–water partition coefficient (Wildman–Crippen LogP) is 4.17. The van der Waals surface area contributed by atoms with Gasteiger partial charge in [-0.2, -0.15) is 27.5 Å². The smallest absolute Gasteiger partial charge is 0.467 e. The van der Waals surface area contributed by atoms with Gasteiger partial charge in [0, 0.05) is 12.0 Å². The Hall–Kier alpha value is -2.05. The van der Waals surface area contributed by atoms with Crippen LogP contribution in [0, 0.1) is 12.1 Å². The SMILES string of the molecule is Cc1nc([NH+]([O-])C(F)(F)C(F)(F)C(F)(F)C(F)F)nc(Cl)c1Cc1ccccc1. The lowest BCUT2D eigenvalue weighted by atomic mass is 10.1. The van der Waals surface area contributed by atoms with E-state index in [9.17, 15) is 40.3 Å². The number of aromatic nitrogens is 2. The van der Waals surface area contributed by atoms with Crippen molar-refractivity contribution in [3.63, 3.8) is 0 Å². The van der Waals surface area contributed by atoms with Crippen molar-refractivity contribution in [3.8, 4) is 0 Å². The highest BCUT2D eigenvalue weighted by atomic mass is 35.5. The number of benzene rings is 1. The van der Waals surface area contributed by atoms with E-state index in [2.05, 4.69) is 9.97 Å². The molecule has 1 N–H and O–H groups in total. The lowest BCUT2D eigenvalue weighted by molar-refractivity contribution is -0.909. The molecule has 1 unspecified atom stereocenters. The first kappa shape index (κ1) is 23.2. The lowest BCUT2D eigenvalue weighted by Crippen LogP contribution is -3.14. The van der Waals surface area contributed by atoms with Gasteiger partial charge in [-0.1, -0.05) is 41.9 Å². The Morgan fingerprint density at radius 2 is 1.59 bits per heavy atom. The van der Waals surface area contributed by atoms with Crippen LogP contribution in [0.1, 0.15) is 16.8 Å². The van der Waals surface area contributed by atoms with Gasteiger partial charge in [-0.3, -0.25) is 0 Å². The molecule has 0 amide bonds. The zero-order valence-electron chi connectivity index (χ0n) is 14.4. The molecule has 0 radical (unpaired) electrons. The maximum absolute atomic E-state index is 13.8. The average Bonchev–Trinajstić information content (AvgIpc) is 2.64. The van der Waals surface area contributed by atoms with Gasteiger partial charge < -0.3 is 5.21 Å². The van der Waals surface area contributed by atoms with E-state index >= 15 is 0 Å². The first-order valence-corrected chi connectivity index (χ1v) is 8.14. The van der Waals surface area contributed by atoms with Crippen molar-refractivity contribution >= 4 is 17.5 Å². The van der Waals surface area contributed by atoms with Crippen LogP contribution in [0.15, 0.2) is 30.3 Å². The minimum atomic E-state index is -6.70. The first-order chi connectivity index (χ1) is 13.2. The molecule has 2 aromatic rings. The van der Waals surface area contributed by atoms with Gasteiger partial charge >= 0.3 is 30.3 Å². The predicted molar refractivity (Wildman–Crippen MR) is 85.9 cm³/mol. The average molecular weight is 450 g/mol. The Kier molecular flexibility index (Phi) is 6.40. The van der Waals surface area contributed by atoms with Gasteiger partial charge in [0.05, 0.1) is 5.69 Å². The van der Waals surface area contributed by atoms with E-state index in [1.165, 1.54) is 6.92 Å². The maximum Gasteiger partial charge on any atom is 0.467 e. The van der Waals surface area contributed by atoms with Crippen LogP contribution >= 0.6 is 11.6 Å². The molecule has 0 aliphatic carbocycles. The van der Waals surface area contributed by atoms with Crippen LogP contribution in [0.2, 0.25) is 5.15 Å². The highest BCUT2D eigenvalue weighted by Gasteiger charge is 2.80. The van der Waals surface area contributed by atoms with E-state index in [0.29, 0.717) is 5.56 Å². The van der Waals surface area contributed by atoms with E-state index in [1.807, 2.05) is 0 Å². The summed E-state index contributed by atoms with van der Waals surface area (Å²) in [6.07, 6.45) is -5.05. The van der Waals surface area contributed by atoms with Gasteiger partial charge in [-0.05, 0) is 12.5 Å². The van der Waals surface area contributed by atoms with Crippen molar-refractivity contribution in [2.75, 3.05) is 0 Å². The van der Waals surface area contributed by atoms with Crippen LogP contribution in [0.5, 0.6) is 0 Å². The van der Waals surface area contributed by atoms with Gasteiger partial charge in [0.1, 0.15) is 5.15 Å².